The molecule has 17 heavy (non-hydrogen) atoms. The Kier molecular flexibility index (Phi) is 6.40. The first-order valence-corrected chi connectivity index (χ1v) is 6.94. The Bertz CT molecular complexity index is 265. The smallest absolute Gasteiger partial charge is 0.223 e. The molecule has 0 saturated heterocycles. The fourth-order valence-corrected chi connectivity index (χ4v) is 2.26. The van der Waals surface area contributed by atoms with E-state index in [0.29, 0.717) is 18.7 Å². The Morgan fingerprint density at radius 1 is 1.35 bits per heavy atom. The highest BCUT2D eigenvalue weighted by Crippen LogP contribution is 2.24. The van der Waals surface area contributed by atoms with Gasteiger partial charge in [-0.3, -0.25) is 9.59 Å². The first-order valence-electron chi connectivity index (χ1n) is 6.31. The molecule has 5 heteroatoms. The zero-order valence-electron chi connectivity index (χ0n) is 10.4. The van der Waals surface area contributed by atoms with Gasteiger partial charge in [-0.05, 0) is 19.8 Å². The van der Waals surface area contributed by atoms with Crippen LogP contribution in [0, 0.1) is 5.92 Å². The van der Waals surface area contributed by atoms with Crippen molar-refractivity contribution in [3.05, 3.63) is 0 Å². The summed E-state index contributed by atoms with van der Waals surface area (Å²) in [5.41, 5.74) is 0. The number of nitrogens with one attached hydrogen (secondary N) is 2. The fraction of sp³-hybridized carbons (Fsp3) is 0.833. The summed E-state index contributed by atoms with van der Waals surface area (Å²) in [7, 11) is 0. The van der Waals surface area contributed by atoms with Gasteiger partial charge in [0.15, 0.2) is 0 Å². The number of thiol groups is 1. The molecule has 0 radical (unpaired) electrons. The molecule has 1 aliphatic carbocycles. The minimum Gasteiger partial charge on any atom is -0.355 e. The van der Waals surface area contributed by atoms with E-state index in [0.717, 1.165) is 25.7 Å². The molecule has 1 atom stereocenters. The van der Waals surface area contributed by atoms with Crippen molar-refractivity contribution >= 4 is 24.4 Å². The molecular weight excluding hydrogens is 236 g/mol. The molecule has 0 aromatic rings. The van der Waals surface area contributed by atoms with Crippen LogP contribution in [-0.4, -0.2) is 30.2 Å². The molecule has 0 heterocycles. The van der Waals surface area contributed by atoms with Crippen molar-refractivity contribution < 1.29 is 9.59 Å². The van der Waals surface area contributed by atoms with E-state index >= 15 is 0 Å². The highest BCUT2D eigenvalue weighted by Gasteiger charge is 2.23. The maximum absolute atomic E-state index is 11.8. The summed E-state index contributed by atoms with van der Waals surface area (Å²) in [5.74, 6) is 0.877. The number of rotatable bonds is 6. The number of amides is 2. The Morgan fingerprint density at radius 3 is 2.59 bits per heavy atom. The third kappa shape index (κ3) is 5.44. The molecule has 2 N–H and O–H groups in total. The van der Waals surface area contributed by atoms with Gasteiger partial charge in [-0.1, -0.05) is 12.8 Å². The molecular formula is C12H22N2O2S. The second kappa shape index (κ2) is 7.58. The Labute approximate surface area is 108 Å². The van der Waals surface area contributed by atoms with E-state index in [2.05, 4.69) is 23.3 Å². The van der Waals surface area contributed by atoms with Crippen LogP contribution >= 0.6 is 12.6 Å². The summed E-state index contributed by atoms with van der Waals surface area (Å²) >= 11 is 4.02. The molecule has 2 amide bonds. The first kappa shape index (κ1) is 14.4. The van der Waals surface area contributed by atoms with Crippen LogP contribution in [0.2, 0.25) is 0 Å². The lowest BCUT2D eigenvalue weighted by molar-refractivity contribution is -0.126. The van der Waals surface area contributed by atoms with Gasteiger partial charge in [0, 0.05) is 30.7 Å². The monoisotopic (exact) mass is 258 g/mol. The van der Waals surface area contributed by atoms with Gasteiger partial charge in [0.2, 0.25) is 11.8 Å². The van der Waals surface area contributed by atoms with Crippen molar-refractivity contribution in [3.8, 4) is 0 Å². The standard InChI is InChI=1S/C12H22N2O2S/c1-9(8-11(15)13-6-7-17)14-12(16)10-4-2-3-5-10/h9-10,17H,2-8H2,1H3,(H,13,15)(H,14,16). The largest absolute Gasteiger partial charge is 0.355 e. The number of carbonyl (C=O) groups is 2. The van der Waals surface area contributed by atoms with Gasteiger partial charge in [0.25, 0.3) is 0 Å². The summed E-state index contributed by atoms with van der Waals surface area (Å²) in [4.78, 5) is 23.2. The van der Waals surface area contributed by atoms with Gasteiger partial charge >= 0.3 is 0 Å². The molecule has 0 aromatic heterocycles. The minimum atomic E-state index is -0.0944. The molecule has 0 bridgehead atoms. The quantitative estimate of drug-likeness (QED) is 0.625. The Morgan fingerprint density at radius 2 is 2.00 bits per heavy atom. The molecule has 4 nitrogen and oxygen atoms in total. The molecule has 98 valence electrons. The summed E-state index contributed by atoms with van der Waals surface area (Å²) in [5, 5.41) is 5.65. The third-order valence-electron chi connectivity index (χ3n) is 3.04. The van der Waals surface area contributed by atoms with E-state index in [4.69, 9.17) is 0 Å². The Balaban J connectivity index is 2.21. The molecule has 1 fully saturated rings. The number of carbonyl (C=O) groups excluding carboxylic acids is 2. The van der Waals surface area contributed by atoms with Crippen LogP contribution in [0.5, 0.6) is 0 Å². The lowest BCUT2D eigenvalue weighted by Gasteiger charge is -2.16. The van der Waals surface area contributed by atoms with Crippen LogP contribution in [0.15, 0.2) is 0 Å². The first-order chi connectivity index (χ1) is 8.13. The predicted octanol–water partition coefficient (Wildman–Crippen LogP) is 1.12. The van der Waals surface area contributed by atoms with Gasteiger partial charge in [0.05, 0.1) is 0 Å². The number of hydrogen-bond donors (Lipinski definition) is 3. The van der Waals surface area contributed by atoms with E-state index in [9.17, 15) is 9.59 Å². The van der Waals surface area contributed by atoms with E-state index in [-0.39, 0.29) is 23.8 Å². The zero-order valence-corrected chi connectivity index (χ0v) is 11.3. The lowest BCUT2D eigenvalue weighted by atomic mass is 10.1. The normalized spacial score (nSPS) is 17.8. The SMILES string of the molecule is CC(CC(=O)NCCS)NC(=O)C1CCCC1. The van der Waals surface area contributed by atoms with Gasteiger partial charge in [0.1, 0.15) is 0 Å². The van der Waals surface area contributed by atoms with Crippen LogP contribution in [0.4, 0.5) is 0 Å². The van der Waals surface area contributed by atoms with Crippen molar-refractivity contribution in [1.29, 1.82) is 0 Å². The minimum absolute atomic E-state index is 0.0294. The summed E-state index contributed by atoms with van der Waals surface area (Å²) < 4.78 is 0. The highest BCUT2D eigenvalue weighted by molar-refractivity contribution is 7.80. The third-order valence-corrected chi connectivity index (χ3v) is 3.26. The molecule has 0 aromatic carbocycles. The Hall–Kier alpha value is -0.710. The second-order valence-electron chi connectivity index (χ2n) is 4.67. The maximum Gasteiger partial charge on any atom is 0.223 e. The second-order valence-corrected chi connectivity index (χ2v) is 5.12. The summed E-state index contributed by atoms with van der Waals surface area (Å²) in [6.07, 6.45) is 4.62. The van der Waals surface area contributed by atoms with Gasteiger partial charge < -0.3 is 10.6 Å². The van der Waals surface area contributed by atoms with Crippen molar-refractivity contribution in [2.24, 2.45) is 5.92 Å². The van der Waals surface area contributed by atoms with E-state index in [1.165, 1.54) is 0 Å². The summed E-state index contributed by atoms with van der Waals surface area (Å²) in [6.45, 7) is 2.44. The van der Waals surface area contributed by atoms with Crippen LogP contribution in [-0.2, 0) is 9.59 Å². The predicted molar refractivity (Wildman–Crippen MR) is 71.0 cm³/mol. The lowest BCUT2D eigenvalue weighted by Crippen LogP contribution is -2.40. The van der Waals surface area contributed by atoms with Crippen LogP contribution in [0.1, 0.15) is 39.0 Å². The fourth-order valence-electron chi connectivity index (χ4n) is 2.15. The van der Waals surface area contributed by atoms with Crippen molar-refractivity contribution in [2.75, 3.05) is 12.3 Å². The zero-order chi connectivity index (χ0) is 12.7. The topological polar surface area (TPSA) is 58.2 Å². The van der Waals surface area contributed by atoms with Gasteiger partial charge in [-0.2, -0.15) is 12.6 Å². The van der Waals surface area contributed by atoms with Crippen molar-refractivity contribution in [2.45, 2.75) is 45.1 Å². The number of hydrogen-bond acceptors (Lipinski definition) is 3. The molecule has 1 rings (SSSR count). The highest BCUT2D eigenvalue weighted by atomic mass is 32.1. The molecule has 1 aliphatic rings. The van der Waals surface area contributed by atoms with Crippen LogP contribution in [0.25, 0.3) is 0 Å². The van der Waals surface area contributed by atoms with E-state index < -0.39 is 0 Å². The van der Waals surface area contributed by atoms with Crippen LogP contribution in [0.3, 0.4) is 0 Å². The maximum atomic E-state index is 11.8. The van der Waals surface area contributed by atoms with Crippen molar-refractivity contribution in [1.82, 2.24) is 10.6 Å². The average molecular weight is 258 g/mol. The molecule has 1 unspecified atom stereocenters. The van der Waals surface area contributed by atoms with Crippen LogP contribution < -0.4 is 10.6 Å². The molecule has 1 saturated carbocycles. The molecule has 0 aliphatic heterocycles. The van der Waals surface area contributed by atoms with Gasteiger partial charge in [-0.25, -0.2) is 0 Å². The van der Waals surface area contributed by atoms with Gasteiger partial charge in [-0.15, -0.1) is 0 Å². The molecule has 0 spiro atoms. The van der Waals surface area contributed by atoms with E-state index in [1.807, 2.05) is 6.92 Å². The summed E-state index contributed by atoms with van der Waals surface area (Å²) in [6, 6.07) is -0.0944. The average Bonchev–Trinajstić information content (AvgIpc) is 2.79. The van der Waals surface area contributed by atoms with Crippen molar-refractivity contribution in [3.63, 3.8) is 0 Å². The van der Waals surface area contributed by atoms with E-state index in [1.54, 1.807) is 0 Å².